The topological polar surface area (TPSA) is 67.4 Å². The van der Waals surface area contributed by atoms with Crippen molar-refractivity contribution in [2.45, 2.75) is 30.7 Å². The lowest BCUT2D eigenvalue weighted by molar-refractivity contribution is 0.485. The molecule has 0 bridgehead atoms. The molecule has 4 aromatic rings. The van der Waals surface area contributed by atoms with E-state index in [9.17, 15) is 8.78 Å². The molecule has 2 N–H and O–H groups in total. The van der Waals surface area contributed by atoms with Gasteiger partial charge in [0.2, 0.25) is 5.13 Å². The lowest BCUT2D eigenvalue weighted by Gasteiger charge is -2.36. The molecule has 0 aliphatic carbocycles. The number of rotatable bonds is 7. The third kappa shape index (κ3) is 5.51. The minimum Gasteiger partial charge on any atom is -0.324 e. The van der Waals surface area contributed by atoms with Crippen LogP contribution in [0.15, 0.2) is 80.8 Å². The zero-order valence-corrected chi connectivity index (χ0v) is 24.3. The predicted molar refractivity (Wildman–Crippen MR) is 154 cm³/mol. The molecule has 0 saturated carbocycles. The highest BCUT2D eigenvalue weighted by atomic mass is 79.9. The van der Waals surface area contributed by atoms with Gasteiger partial charge in [0, 0.05) is 20.6 Å². The lowest BCUT2D eigenvalue weighted by Crippen LogP contribution is -2.38. The van der Waals surface area contributed by atoms with Gasteiger partial charge >= 0.3 is 0 Å². The molecule has 2 unspecified atom stereocenters. The smallest absolute Gasteiger partial charge is 0.230 e. The second-order valence-corrected chi connectivity index (χ2v) is 12.8. The first-order valence-corrected chi connectivity index (χ1v) is 14.6. The van der Waals surface area contributed by atoms with Crippen LogP contribution in [0.5, 0.6) is 0 Å². The zero-order valence-electron chi connectivity index (χ0n) is 19.5. The van der Waals surface area contributed by atoms with Gasteiger partial charge in [0.15, 0.2) is 0 Å². The van der Waals surface area contributed by atoms with Crippen LogP contribution in [0.2, 0.25) is 0 Å². The SMILES string of the molecule is Cc1nnc(N2N=C(c3cc(F)ccc3F)SC2(CCC(N)c2ccc(Br)cc2)c2ccc(Br)cc2)s1. The van der Waals surface area contributed by atoms with Crippen LogP contribution < -0.4 is 10.7 Å². The fourth-order valence-electron chi connectivity index (χ4n) is 4.15. The van der Waals surface area contributed by atoms with Gasteiger partial charge in [-0.1, -0.05) is 79.2 Å². The van der Waals surface area contributed by atoms with E-state index in [1.54, 1.807) is 5.01 Å². The van der Waals surface area contributed by atoms with Gasteiger partial charge in [-0.2, -0.15) is 5.10 Å². The second-order valence-electron chi connectivity index (χ2n) is 8.53. The minimum atomic E-state index is -0.812. The largest absolute Gasteiger partial charge is 0.324 e. The molecule has 5 nitrogen and oxygen atoms in total. The molecule has 11 heteroatoms. The quantitative estimate of drug-likeness (QED) is 0.218. The van der Waals surface area contributed by atoms with Crippen LogP contribution in [-0.4, -0.2) is 15.2 Å². The first kappa shape index (κ1) is 26.4. The summed E-state index contributed by atoms with van der Waals surface area (Å²) < 4.78 is 31.0. The summed E-state index contributed by atoms with van der Waals surface area (Å²) in [5.41, 5.74) is 8.69. The Hall–Kier alpha value is -2.18. The molecule has 1 aliphatic heterocycles. The molecule has 0 fully saturated rings. The first-order valence-electron chi connectivity index (χ1n) is 11.4. The molecule has 0 spiro atoms. The third-order valence-electron chi connectivity index (χ3n) is 6.04. The number of aromatic nitrogens is 2. The Balaban J connectivity index is 1.60. The molecule has 190 valence electrons. The van der Waals surface area contributed by atoms with E-state index in [0.717, 1.165) is 37.2 Å². The summed E-state index contributed by atoms with van der Waals surface area (Å²) in [6.45, 7) is 1.87. The predicted octanol–water partition coefficient (Wildman–Crippen LogP) is 7.90. The van der Waals surface area contributed by atoms with E-state index in [1.807, 2.05) is 55.5 Å². The Morgan fingerprint density at radius 1 is 0.973 bits per heavy atom. The summed E-state index contributed by atoms with van der Waals surface area (Å²) in [5.74, 6) is -1.07. The van der Waals surface area contributed by atoms with Gasteiger partial charge in [-0.15, -0.1) is 10.2 Å². The van der Waals surface area contributed by atoms with Crippen LogP contribution in [0, 0.1) is 18.6 Å². The van der Waals surface area contributed by atoms with Crippen molar-refractivity contribution in [3.63, 3.8) is 0 Å². The molecule has 0 saturated heterocycles. The number of anilines is 1. The van der Waals surface area contributed by atoms with Crippen LogP contribution in [-0.2, 0) is 4.87 Å². The number of aryl methyl sites for hydroxylation is 1. The summed E-state index contributed by atoms with van der Waals surface area (Å²) in [4.78, 5) is -0.812. The Morgan fingerprint density at radius 3 is 2.30 bits per heavy atom. The Kier molecular flexibility index (Phi) is 7.78. The molecular formula is C26H21Br2F2N5S2. The van der Waals surface area contributed by atoms with Crippen LogP contribution in [0.4, 0.5) is 13.9 Å². The Labute approximate surface area is 238 Å². The van der Waals surface area contributed by atoms with Crippen LogP contribution >= 0.6 is 55.0 Å². The van der Waals surface area contributed by atoms with Crippen molar-refractivity contribution in [1.29, 1.82) is 0 Å². The van der Waals surface area contributed by atoms with Gasteiger partial charge in [0.25, 0.3) is 0 Å². The Bertz CT molecular complexity index is 1450. The highest BCUT2D eigenvalue weighted by Gasteiger charge is 2.48. The first-order chi connectivity index (χ1) is 17.7. The number of hydrogen-bond acceptors (Lipinski definition) is 7. The van der Waals surface area contributed by atoms with Crippen molar-refractivity contribution in [3.8, 4) is 0 Å². The zero-order chi connectivity index (χ0) is 26.2. The summed E-state index contributed by atoms with van der Waals surface area (Å²) in [7, 11) is 0. The minimum absolute atomic E-state index is 0.104. The van der Waals surface area contributed by atoms with Crippen LogP contribution in [0.3, 0.4) is 0 Å². The van der Waals surface area contributed by atoms with E-state index >= 15 is 0 Å². The standard InChI is InChI=1S/C26H21Br2F2N5S2/c1-15-32-33-25(36-15)35-26(17-4-8-19(28)9-5-17,13-12-23(31)16-2-6-18(27)7-3-16)37-24(34-35)21-14-20(29)10-11-22(21)30/h2-11,14,23H,12-13,31H2,1H3. The summed E-state index contributed by atoms with van der Waals surface area (Å²) in [5, 5.41) is 16.9. The fraction of sp³-hybridized carbons (Fsp3) is 0.192. The van der Waals surface area contributed by atoms with Gasteiger partial charge in [0.1, 0.15) is 26.6 Å². The highest BCUT2D eigenvalue weighted by Crippen LogP contribution is 2.53. The van der Waals surface area contributed by atoms with Crippen molar-refractivity contribution < 1.29 is 8.78 Å². The molecule has 3 aromatic carbocycles. The number of hydrazone groups is 1. The number of hydrogen-bond donors (Lipinski definition) is 1. The molecule has 2 heterocycles. The van der Waals surface area contributed by atoms with Crippen LogP contribution in [0.25, 0.3) is 0 Å². The number of benzene rings is 3. The maximum absolute atomic E-state index is 14.9. The number of halogens is 4. The molecule has 2 atom stereocenters. The van der Waals surface area contributed by atoms with E-state index in [4.69, 9.17) is 10.8 Å². The molecule has 5 rings (SSSR count). The van der Waals surface area contributed by atoms with Gasteiger partial charge in [-0.3, -0.25) is 0 Å². The molecular weight excluding hydrogens is 644 g/mol. The van der Waals surface area contributed by atoms with E-state index in [0.29, 0.717) is 23.0 Å². The van der Waals surface area contributed by atoms with Crippen molar-refractivity contribution in [2.75, 3.05) is 5.01 Å². The fourth-order valence-corrected chi connectivity index (χ4v) is 6.85. The average Bonchev–Trinajstić information content (AvgIpc) is 3.49. The molecule has 1 aromatic heterocycles. The lowest BCUT2D eigenvalue weighted by atomic mass is 9.95. The Morgan fingerprint density at radius 2 is 1.65 bits per heavy atom. The van der Waals surface area contributed by atoms with Crippen molar-refractivity contribution in [2.24, 2.45) is 10.8 Å². The second kappa shape index (κ2) is 10.9. The van der Waals surface area contributed by atoms with Gasteiger partial charge < -0.3 is 5.73 Å². The summed E-state index contributed by atoms with van der Waals surface area (Å²) in [6.07, 6.45) is 1.16. The van der Waals surface area contributed by atoms with Gasteiger partial charge in [0.05, 0.1) is 0 Å². The monoisotopic (exact) mass is 663 g/mol. The van der Waals surface area contributed by atoms with Crippen LogP contribution in [0.1, 0.15) is 40.6 Å². The maximum atomic E-state index is 14.9. The summed E-state index contributed by atoms with van der Waals surface area (Å²) in [6, 6.07) is 19.0. The number of thioether (sulfide) groups is 1. The number of nitrogens with zero attached hydrogens (tertiary/aromatic N) is 4. The molecule has 1 aliphatic rings. The normalized spacial score (nSPS) is 18.2. The highest BCUT2D eigenvalue weighted by molar-refractivity contribution is 9.10. The molecule has 37 heavy (non-hydrogen) atoms. The number of nitrogens with two attached hydrogens (primary N) is 1. The third-order valence-corrected chi connectivity index (χ3v) is 9.36. The average molecular weight is 665 g/mol. The van der Waals surface area contributed by atoms with E-state index in [1.165, 1.54) is 29.2 Å². The van der Waals surface area contributed by atoms with Crippen molar-refractivity contribution >= 4 is 65.1 Å². The maximum Gasteiger partial charge on any atom is 0.230 e. The van der Waals surface area contributed by atoms with Crippen molar-refractivity contribution in [1.82, 2.24) is 10.2 Å². The van der Waals surface area contributed by atoms with E-state index in [-0.39, 0.29) is 11.6 Å². The molecule has 0 radical (unpaired) electrons. The molecule has 0 amide bonds. The van der Waals surface area contributed by atoms with E-state index in [2.05, 4.69) is 42.1 Å². The van der Waals surface area contributed by atoms with Gasteiger partial charge in [-0.25, -0.2) is 13.8 Å². The van der Waals surface area contributed by atoms with E-state index < -0.39 is 16.5 Å². The summed E-state index contributed by atoms with van der Waals surface area (Å²) >= 11 is 9.75. The van der Waals surface area contributed by atoms with Gasteiger partial charge in [-0.05, 0) is 73.4 Å². The van der Waals surface area contributed by atoms with Crippen molar-refractivity contribution in [3.05, 3.63) is 109 Å².